The summed E-state index contributed by atoms with van der Waals surface area (Å²) in [5.41, 5.74) is 8.97. The number of aryl methyl sites for hydroxylation is 1. The van der Waals surface area contributed by atoms with Crippen LogP contribution in [-0.2, 0) is 11.2 Å². The molecule has 1 aromatic heterocycles. The zero-order valence-corrected chi connectivity index (χ0v) is 11.2. The van der Waals surface area contributed by atoms with Crippen molar-refractivity contribution in [2.45, 2.75) is 13.3 Å². The molecule has 19 heavy (non-hydrogen) atoms. The van der Waals surface area contributed by atoms with Gasteiger partial charge in [0.2, 0.25) is 5.91 Å². The standard InChI is InChI=1S/C15H19N3O/c1-3-11-5-6-17-13(7-11)8-14(16)12-9-18(10-12)15(19)4-2/h4-8,12H,2-3,9-10,16H2,1H3/b14-8-. The van der Waals surface area contributed by atoms with Crippen LogP contribution in [0.5, 0.6) is 0 Å². The van der Waals surface area contributed by atoms with Gasteiger partial charge in [0.05, 0.1) is 5.69 Å². The summed E-state index contributed by atoms with van der Waals surface area (Å²) in [4.78, 5) is 17.4. The Kier molecular flexibility index (Phi) is 4.00. The van der Waals surface area contributed by atoms with Crippen LogP contribution < -0.4 is 5.73 Å². The Labute approximate surface area is 113 Å². The predicted octanol–water partition coefficient (Wildman–Crippen LogP) is 1.59. The molecule has 2 heterocycles. The number of hydrogen-bond donors (Lipinski definition) is 1. The summed E-state index contributed by atoms with van der Waals surface area (Å²) >= 11 is 0. The second kappa shape index (κ2) is 5.69. The summed E-state index contributed by atoms with van der Waals surface area (Å²) in [5.74, 6) is 0.200. The van der Waals surface area contributed by atoms with E-state index in [2.05, 4.69) is 18.5 Å². The summed E-state index contributed by atoms with van der Waals surface area (Å²) in [6, 6.07) is 4.04. The van der Waals surface area contributed by atoms with Crippen molar-refractivity contribution in [3.63, 3.8) is 0 Å². The summed E-state index contributed by atoms with van der Waals surface area (Å²) in [5, 5.41) is 0. The number of carbonyl (C=O) groups is 1. The van der Waals surface area contributed by atoms with Gasteiger partial charge in [0.1, 0.15) is 0 Å². The van der Waals surface area contributed by atoms with Crippen molar-refractivity contribution >= 4 is 12.0 Å². The van der Waals surface area contributed by atoms with Gasteiger partial charge in [0.25, 0.3) is 0 Å². The quantitative estimate of drug-likeness (QED) is 0.833. The Morgan fingerprint density at radius 3 is 3.00 bits per heavy atom. The van der Waals surface area contributed by atoms with Crippen LogP contribution in [0, 0.1) is 5.92 Å². The normalized spacial score (nSPS) is 16.1. The average Bonchev–Trinajstić information content (AvgIpc) is 2.36. The third kappa shape index (κ3) is 3.02. The fraction of sp³-hybridized carbons (Fsp3) is 0.333. The van der Waals surface area contributed by atoms with E-state index in [0.717, 1.165) is 17.8 Å². The molecule has 1 aliphatic heterocycles. The van der Waals surface area contributed by atoms with E-state index in [1.165, 1.54) is 11.6 Å². The van der Waals surface area contributed by atoms with E-state index in [-0.39, 0.29) is 11.8 Å². The summed E-state index contributed by atoms with van der Waals surface area (Å²) in [7, 11) is 0. The first-order valence-electron chi connectivity index (χ1n) is 6.47. The molecule has 0 unspecified atom stereocenters. The lowest BCUT2D eigenvalue weighted by atomic mass is 9.95. The van der Waals surface area contributed by atoms with Gasteiger partial charge in [0.15, 0.2) is 0 Å². The minimum Gasteiger partial charge on any atom is -0.402 e. The molecule has 2 N–H and O–H groups in total. The SMILES string of the molecule is C=CC(=O)N1CC(/C(N)=C/c2cc(CC)ccn2)C1. The van der Waals surface area contributed by atoms with E-state index in [4.69, 9.17) is 5.73 Å². The van der Waals surface area contributed by atoms with Gasteiger partial charge in [0, 0.05) is 30.9 Å². The topological polar surface area (TPSA) is 59.2 Å². The van der Waals surface area contributed by atoms with Gasteiger partial charge in [-0.15, -0.1) is 0 Å². The molecular formula is C15H19N3O. The number of aromatic nitrogens is 1. The molecular weight excluding hydrogens is 238 g/mol. The molecule has 1 saturated heterocycles. The second-order valence-electron chi connectivity index (χ2n) is 4.73. The smallest absolute Gasteiger partial charge is 0.245 e. The molecule has 100 valence electrons. The van der Waals surface area contributed by atoms with E-state index >= 15 is 0 Å². The molecule has 0 atom stereocenters. The molecule has 1 fully saturated rings. The minimum absolute atomic E-state index is 0.0323. The largest absolute Gasteiger partial charge is 0.402 e. The lowest BCUT2D eigenvalue weighted by Crippen LogP contribution is -2.51. The fourth-order valence-corrected chi connectivity index (χ4v) is 2.08. The average molecular weight is 257 g/mol. The molecule has 0 aromatic carbocycles. The van der Waals surface area contributed by atoms with E-state index < -0.39 is 0 Å². The van der Waals surface area contributed by atoms with Crippen LogP contribution in [0.1, 0.15) is 18.2 Å². The van der Waals surface area contributed by atoms with Crippen molar-refractivity contribution < 1.29 is 4.79 Å². The Morgan fingerprint density at radius 1 is 1.63 bits per heavy atom. The number of rotatable bonds is 4. The molecule has 0 saturated carbocycles. The second-order valence-corrected chi connectivity index (χ2v) is 4.73. The Hall–Kier alpha value is -2.10. The first kappa shape index (κ1) is 13.3. The Balaban J connectivity index is 2.00. The van der Waals surface area contributed by atoms with Crippen LogP contribution in [0.15, 0.2) is 36.7 Å². The van der Waals surface area contributed by atoms with Crippen LogP contribution >= 0.6 is 0 Å². The number of likely N-dealkylation sites (tertiary alicyclic amines) is 1. The molecule has 2 rings (SSSR count). The zero-order chi connectivity index (χ0) is 13.8. The molecule has 1 aliphatic rings. The van der Waals surface area contributed by atoms with Gasteiger partial charge >= 0.3 is 0 Å². The van der Waals surface area contributed by atoms with Crippen molar-refractivity contribution in [2.24, 2.45) is 11.7 Å². The highest BCUT2D eigenvalue weighted by atomic mass is 16.2. The number of hydrogen-bond acceptors (Lipinski definition) is 3. The van der Waals surface area contributed by atoms with Crippen LogP contribution in [0.2, 0.25) is 0 Å². The minimum atomic E-state index is -0.0323. The number of nitrogens with zero attached hydrogens (tertiary/aromatic N) is 2. The summed E-state index contributed by atoms with van der Waals surface area (Å²) in [6.45, 7) is 6.92. The van der Waals surface area contributed by atoms with Gasteiger partial charge in [-0.25, -0.2) is 0 Å². The molecule has 0 radical (unpaired) electrons. The molecule has 0 aliphatic carbocycles. The number of pyridine rings is 1. The Morgan fingerprint density at radius 2 is 2.37 bits per heavy atom. The van der Waals surface area contributed by atoms with Crippen molar-refractivity contribution in [1.29, 1.82) is 0 Å². The van der Waals surface area contributed by atoms with Crippen molar-refractivity contribution in [1.82, 2.24) is 9.88 Å². The Bertz CT molecular complexity index is 516. The highest BCUT2D eigenvalue weighted by molar-refractivity contribution is 5.87. The predicted molar refractivity (Wildman–Crippen MR) is 76.0 cm³/mol. The maximum absolute atomic E-state index is 11.3. The third-order valence-electron chi connectivity index (χ3n) is 3.41. The molecule has 0 spiro atoms. The molecule has 4 heteroatoms. The van der Waals surface area contributed by atoms with Gasteiger partial charge in [-0.1, -0.05) is 13.5 Å². The summed E-state index contributed by atoms with van der Waals surface area (Å²) in [6.07, 6.45) is 6.02. The number of nitrogens with two attached hydrogens (primary N) is 1. The zero-order valence-electron chi connectivity index (χ0n) is 11.2. The maximum Gasteiger partial charge on any atom is 0.245 e. The van der Waals surface area contributed by atoms with Crippen LogP contribution in [0.25, 0.3) is 6.08 Å². The number of carbonyl (C=O) groups excluding carboxylic acids is 1. The van der Waals surface area contributed by atoms with Crippen LogP contribution in [-0.4, -0.2) is 28.9 Å². The number of amides is 1. The van der Waals surface area contributed by atoms with Crippen molar-refractivity contribution in [3.05, 3.63) is 47.9 Å². The van der Waals surface area contributed by atoms with E-state index in [1.807, 2.05) is 18.2 Å². The third-order valence-corrected chi connectivity index (χ3v) is 3.41. The van der Waals surface area contributed by atoms with Crippen LogP contribution in [0.3, 0.4) is 0 Å². The molecule has 0 bridgehead atoms. The molecule has 4 nitrogen and oxygen atoms in total. The van der Waals surface area contributed by atoms with Gasteiger partial charge in [-0.3, -0.25) is 9.78 Å². The maximum atomic E-state index is 11.3. The first-order chi connectivity index (χ1) is 9.13. The first-order valence-corrected chi connectivity index (χ1v) is 6.47. The molecule has 1 amide bonds. The molecule has 1 aromatic rings. The monoisotopic (exact) mass is 257 g/mol. The van der Waals surface area contributed by atoms with E-state index in [0.29, 0.717) is 13.1 Å². The van der Waals surface area contributed by atoms with Gasteiger partial charge in [-0.2, -0.15) is 0 Å². The van der Waals surface area contributed by atoms with Crippen molar-refractivity contribution in [2.75, 3.05) is 13.1 Å². The van der Waals surface area contributed by atoms with Crippen molar-refractivity contribution in [3.8, 4) is 0 Å². The van der Waals surface area contributed by atoms with E-state index in [1.54, 1.807) is 11.1 Å². The van der Waals surface area contributed by atoms with Crippen LogP contribution in [0.4, 0.5) is 0 Å². The highest BCUT2D eigenvalue weighted by Crippen LogP contribution is 2.22. The summed E-state index contributed by atoms with van der Waals surface area (Å²) < 4.78 is 0. The lowest BCUT2D eigenvalue weighted by Gasteiger charge is -2.38. The fourth-order valence-electron chi connectivity index (χ4n) is 2.08. The van der Waals surface area contributed by atoms with Gasteiger partial charge in [-0.05, 0) is 36.3 Å². The lowest BCUT2D eigenvalue weighted by molar-refractivity contribution is -0.131. The van der Waals surface area contributed by atoms with Gasteiger partial charge < -0.3 is 10.6 Å². The van der Waals surface area contributed by atoms with E-state index in [9.17, 15) is 4.79 Å². The highest BCUT2D eigenvalue weighted by Gasteiger charge is 2.30.